The van der Waals surface area contributed by atoms with Crippen LogP contribution in [0.4, 0.5) is 0 Å². The molecule has 112 valence electrons. The van der Waals surface area contributed by atoms with Crippen molar-refractivity contribution in [3.63, 3.8) is 0 Å². The van der Waals surface area contributed by atoms with E-state index in [9.17, 15) is 0 Å². The maximum absolute atomic E-state index is 6.39. The van der Waals surface area contributed by atoms with Crippen LogP contribution >= 0.6 is 23.4 Å². The highest BCUT2D eigenvalue weighted by molar-refractivity contribution is 7.99. The van der Waals surface area contributed by atoms with Crippen molar-refractivity contribution in [2.24, 2.45) is 11.7 Å². The zero-order valence-electron chi connectivity index (χ0n) is 12.6. The Bertz CT molecular complexity index is 566. The van der Waals surface area contributed by atoms with E-state index in [1.807, 2.05) is 24.3 Å². The molecule has 0 heterocycles. The van der Waals surface area contributed by atoms with Crippen molar-refractivity contribution < 1.29 is 0 Å². The van der Waals surface area contributed by atoms with Crippen molar-refractivity contribution in [2.75, 3.05) is 0 Å². The quantitative estimate of drug-likeness (QED) is 0.714. The van der Waals surface area contributed by atoms with Gasteiger partial charge in [-0.2, -0.15) is 0 Å². The van der Waals surface area contributed by atoms with Crippen LogP contribution < -0.4 is 5.73 Å². The van der Waals surface area contributed by atoms with Crippen molar-refractivity contribution in [1.82, 2.24) is 0 Å². The fourth-order valence-corrected chi connectivity index (χ4v) is 3.31. The first-order chi connectivity index (χ1) is 10.1. The van der Waals surface area contributed by atoms with Crippen molar-refractivity contribution in [1.29, 1.82) is 0 Å². The fraction of sp³-hybridized carbons (Fsp3) is 0.333. The molecule has 3 heteroatoms. The molecule has 0 aliphatic rings. The van der Waals surface area contributed by atoms with Gasteiger partial charge in [-0.25, -0.2) is 0 Å². The Morgan fingerprint density at radius 2 is 1.67 bits per heavy atom. The van der Waals surface area contributed by atoms with Gasteiger partial charge in [0.1, 0.15) is 0 Å². The van der Waals surface area contributed by atoms with E-state index in [1.165, 1.54) is 15.4 Å². The van der Waals surface area contributed by atoms with Crippen LogP contribution in [0.3, 0.4) is 0 Å². The van der Waals surface area contributed by atoms with Gasteiger partial charge in [0.25, 0.3) is 0 Å². The molecule has 0 aliphatic carbocycles. The van der Waals surface area contributed by atoms with Gasteiger partial charge < -0.3 is 5.73 Å². The third-order valence-electron chi connectivity index (χ3n) is 3.41. The first-order valence-electron chi connectivity index (χ1n) is 7.34. The normalized spacial score (nSPS) is 12.6. The lowest BCUT2D eigenvalue weighted by Crippen LogP contribution is -2.12. The molecule has 0 saturated carbocycles. The number of hydrogen-bond acceptors (Lipinski definition) is 2. The van der Waals surface area contributed by atoms with Gasteiger partial charge in [0, 0.05) is 20.9 Å². The summed E-state index contributed by atoms with van der Waals surface area (Å²) in [5.74, 6) is 0.687. The van der Waals surface area contributed by atoms with Gasteiger partial charge >= 0.3 is 0 Å². The van der Waals surface area contributed by atoms with Crippen LogP contribution in [0, 0.1) is 5.92 Å². The lowest BCUT2D eigenvalue weighted by Gasteiger charge is -2.17. The Morgan fingerprint density at radius 3 is 2.33 bits per heavy atom. The minimum Gasteiger partial charge on any atom is -0.324 e. The molecule has 2 aromatic carbocycles. The van der Waals surface area contributed by atoms with E-state index < -0.39 is 0 Å². The van der Waals surface area contributed by atoms with Crippen LogP contribution in [0.25, 0.3) is 0 Å². The molecule has 0 saturated heterocycles. The summed E-state index contributed by atoms with van der Waals surface area (Å²) in [6, 6.07) is 16.5. The monoisotopic (exact) mass is 319 g/mol. The second-order valence-electron chi connectivity index (χ2n) is 5.67. The van der Waals surface area contributed by atoms with Crippen LogP contribution in [0.15, 0.2) is 58.3 Å². The highest BCUT2D eigenvalue weighted by atomic mass is 35.5. The zero-order valence-corrected chi connectivity index (χ0v) is 14.1. The van der Waals surface area contributed by atoms with Crippen LogP contribution in [-0.4, -0.2) is 0 Å². The lowest BCUT2D eigenvalue weighted by atomic mass is 9.98. The summed E-state index contributed by atoms with van der Waals surface area (Å²) in [5, 5.41) is 0.765. The Kier molecular flexibility index (Phi) is 6.16. The average molecular weight is 320 g/mol. The predicted octanol–water partition coefficient (Wildman–Crippen LogP) is 5.93. The second kappa shape index (κ2) is 7.88. The lowest BCUT2D eigenvalue weighted by molar-refractivity contribution is 0.504. The van der Waals surface area contributed by atoms with Crippen LogP contribution in [0.5, 0.6) is 0 Å². The molecule has 2 rings (SSSR count). The minimum atomic E-state index is 0.100. The van der Waals surface area contributed by atoms with Crippen molar-refractivity contribution in [3.8, 4) is 0 Å². The fourth-order valence-electron chi connectivity index (χ4n) is 2.18. The summed E-state index contributed by atoms with van der Waals surface area (Å²) in [6.45, 7) is 4.47. The number of rotatable bonds is 6. The molecular weight excluding hydrogens is 298 g/mol. The maximum Gasteiger partial charge on any atom is 0.0406 e. The molecule has 2 aromatic rings. The van der Waals surface area contributed by atoms with Gasteiger partial charge in [0.05, 0.1) is 0 Å². The third-order valence-corrected chi connectivity index (χ3v) is 4.77. The Balaban J connectivity index is 2.14. The van der Waals surface area contributed by atoms with E-state index in [1.54, 1.807) is 11.8 Å². The number of nitrogens with two attached hydrogens (primary N) is 1. The third kappa shape index (κ3) is 5.06. The molecule has 1 atom stereocenters. The molecule has 1 nitrogen and oxygen atoms in total. The topological polar surface area (TPSA) is 26.0 Å². The van der Waals surface area contributed by atoms with Crippen molar-refractivity contribution >= 4 is 23.4 Å². The van der Waals surface area contributed by atoms with Gasteiger partial charge in [-0.05, 0) is 54.7 Å². The van der Waals surface area contributed by atoms with Gasteiger partial charge in [0.2, 0.25) is 0 Å². The Hall–Kier alpha value is -0.960. The Morgan fingerprint density at radius 1 is 1.00 bits per heavy atom. The molecule has 0 spiro atoms. The largest absolute Gasteiger partial charge is 0.324 e. The molecule has 0 amide bonds. The smallest absolute Gasteiger partial charge is 0.0406 e. The molecule has 0 radical (unpaired) electrons. The summed E-state index contributed by atoms with van der Waals surface area (Å²) in [5.41, 5.74) is 7.62. The standard InChI is InChI=1S/C18H22ClNS/c1-13(2)7-12-17(20)16-5-3-4-6-18(16)21-15-10-8-14(19)9-11-15/h3-6,8-11,13,17H,7,12,20H2,1-2H3/t17-/m1/s1. The van der Waals surface area contributed by atoms with E-state index in [-0.39, 0.29) is 6.04 Å². The highest BCUT2D eigenvalue weighted by Crippen LogP contribution is 2.34. The van der Waals surface area contributed by atoms with Gasteiger partial charge in [-0.15, -0.1) is 0 Å². The average Bonchev–Trinajstić information content (AvgIpc) is 2.48. The van der Waals surface area contributed by atoms with Crippen molar-refractivity contribution in [2.45, 2.75) is 42.5 Å². The van der Waals surface area contributed by atoms with E-state index in [0.29, 0.717) is 5.92 Å². The van der Waals surface area contributed by atoms with Gasteiger partial charge in [-0.3, -0.25) is 0 Å². The summed E-state index contributed by atoms with van der Waals surface area (Å²) in [7, 11) is 0. The van der Waals surface area contributed by atoms with E-state index in [2.05, 4.69) is 38.1 Å². The first kappa shape index (κ1) is 16.4. The second-order valence-corrected chi connectivity index (χ2v) is 7.22. The van der Waals surface area contributed by atoms with E-state index >= 15 is 0 Å². The molecule has 0 aromatic heterocycles. The number of halogens is 1. The van der Waals surface area contributed by atoms with Gasteiger partial charge in [0.15, 0.2) is 0 Å². The molecule has 0 unspecified atom stereocenters. The molecule has 0 bridgehead atoms. The summed E-state index contributed by atoms with van der Waals surface area (Å²) < 4.78 is 0. The maximum atomic E-state index is 6.39. The van der Waals surface area contributed by atoms with Gasteiger partial charge in [-0.1, -0.05) is 55.4 Å². The van der Waals surface area contributed by atoms with E-state index in [0.717, 1.165) is 17.9 Å². The molecule has 0 fully saturated rings. The SMILES string of the molecule is CC(C)CC[C@@H](N)c1ccccc1Sc1ccc(Cl)cc1. The zero-order chi connectivity index (χ0) is 15.2. The summed E-state index contributed by atoms with van der Waals surface area (Å²) >= 11 is 7.68. The number of hydrogen-bond donors (Lipinski definition) is 1. The highest BCUT2D eigenvalue weighted by Gasteiger charge is 2.12. The summed E-state index contributed by atoms with van der Waals surface area (Å²) in [6.07, 6.45) is 2.18. The van der Waals surface area contributed by atoms with Crippen LogP contribution in [-0.2, 0) is 0 Å². The molecule has 0 aliphatic heterocycles. The number of benzene rings is 2. The van der Waals surface area contributed by atoms with E-state index in [4.69, 9.17) is 17.3 Å². The molecular formula is C18H22ClNS. The minimum absolute atomic E-state index is 0.100. The predicted molar refractivity (Wildman–Crippen MR) is 93.0 cm³/mol. The Labute approximate surface area is 136 Å². The van der Waals surface area contributed by atoms with Crippen molar-refractivity contribution in [3.05, 3.63) is 59.1 Å². The van der Waals surface area contributed by atoms with Crippen LogP contribution in [0.2, 0.25) is 5.02 Å². The van der Waals surface area contributed by atoms with Crippen LogP contribution in [0.1, 0.15) is 38.3 Å². The molecule has 21 heavy (non-hydrogen) atoms. The first-order valence-corrected chi connectivity index (χ1v) is 8.53. The molecule has 2 N–H and O–H groups in total. The summed E-state index contributed by atoms with van der Waals surface area (Å²) in [4.78, 5) is 2.42.